The van der Waals surface area contributed by atoms with Gasteiger partial charge in [-0.1, -0.05) is 11.6 Å². The van der Waals surface area contributed by atoms with Gasteiger partial charge in [-0.25, -0.2) is 4.39 Å². The van der Waals surface area contributed by atoms with Crippen molar-refractivity contribution in [3.05, 3.63) is 45.9 Å². The van der Waals surface area contributed by atoms with Gasteiger partial charge in [0.05, 0.1) is 16.4 Å². The van der Waals surface area contributed by atoms with Crippen LogP contribution in [0.2, 0.25) is 5.02 Å². The molecule has 1 aromatic heterocycles. The number of halogens is 2. The SMILES string of the molecule is Cc1nnc(Nc2ccc(F)cc2Cl)c(C#N)c1C. The van der Waals surface area contributed by atoms with Crippen LogP contribution in [0.3, 0.4) is 0 Å². The van der Waals surface area contributed by atoms with E-state index < -0.39 is 5.82 Å². The lowest BCUT2D eigenvalue weighted by Crippen LogP contribution is -2.04. The van der Waals surface area contributed by atoms with Gasteiger partial charge in [0.25, 0.3) is 0 Å². The fourth-order valence-electron chi connectivity index (χ4n) is 1.55. The molecule has 0 aliphatic rings. The summed E-state index contributed by atoms with van der Waals surface area (Å²) in [6.45, 7) is 3.57. The number of benzene rings is 1. The molecule has 0 bridgehead atoms. The summed E-state index contributed by atoms with van der Waals surface area (Å²) >= 11 is 5.91. The largest absolute Gasteiger partial charge is 0.336 e. The Morgan fingerprint density at radius 3 is 2.68 bits per heavy atom. The lowest BCUT2D eigenvalue weighted by Gasteiger charge is -2.10. The molecular weight excluding hydrogens is 267 g/mol. The standard InChI is InChI=1S/C13H10ClFN4/c1-7-8(2)18-19-13(10(7)6-16)17-12-4-3-9(15)5-11(12)14/h3-5H,1-2H3,(H,17,19). The van der Waals surface area contributed by atoms with Crippen molar-refractivity contribution in [2.45, 2.75) is 13.8 Å². The van der Waals surface area contributed by atoms with Gasteiger partial charge >= 0.3 is 0 Å². The molecule has 2 aromatic rings. The van der Waals surface area contributed by atoms with E-state index in [0.717, 1.165) is 5.56 Å². The van der Waals surface area contributed by atoms with E-state index >= 15 is 0 Å². The van der Waals surface area contributed by atoms with Gasteiger partial charge < -0.3 is 5.32 Å². The van der Waals surface area contributed by atoms with Crippen LogP contribution >= 0.6 is 11.6 Å². The van der Waals surface area contributed by atoms with E-state index in [2.05, 4.69) is 21.6 Å². The Bertz CT molecular complexity index is 679. The first kappa shape index (κ1) is 13.2. The third kappa shape index (κ3) is 2.64. The number of anilines is 2. The Hall–Kier alpha value is -2.19. The van der Waals surface area contributed by atoms with Gasteiger partial charge in [0.2, 0.25) is 0 Å². The summed E-state index contributed by atoms with van der Waals surface area (Å²) in [5.74, 6) is -0.124. The van der Waals surface area contributed by atoms with E-state index in [1.54, 1.807) is 13.8 Å². The number of rotatable bonds is 2. The van der Waals surface area contributed by atoms with E-state index in [9.17, 15) is 4.39 Å². The summed E-state index contributed by atoms with van der Waals surface area (Å²) in [4.78, 5) is 0. The van der Waals surface area contributed by atoms with Crippen LogP contribution in [0.15, 0.2) is 18.2 Å². The number of aryl methyl sites for hydroxylation is 1. The van der Waals surface area contributed by atoms with Crippen molar-refractivity contribution < 1.29 is 4.39 Å². The first-order valence-corrected chi connectivity index (χ1v) is 5.86. The van der Waals surface area contributed by atoms with Crippen molar-refractivity contribution in [1.29, 1.82) is 5.26 Å². The Morgan fingerprint density at radius 1 is 1.32 bits per heavy atom. The van der Waals surface area contributed by atoms with Crippen LogP contribution in [0.1, 0.15) is 16.8 Å². The molecule has 0 fully saturated rings. The van der Waals surface area contributed by atoms with Gasteiger partial charge in [0.1, 0.15) is 17.4 Å². The van der Waals surface area contributed by atoms with Crippen molar-refractivity contribution in [2.24, 2.45) is 0 Å². The number of nitrogens with one attached hydrogen (secondary N) is 1. The molecule has 1 aromatic carbocycles. The highest BCUT2D eigenvalue weighted by molar-refractivity contribution is 6.33. The van der Waals surface area contributed by atoms with Crippen LogP contribution in [0, 0.1) is 31.0 Å². The van der Waals surface area contributed by atoms with Crippen LogP contribution in [-0.4, -0.2) is 10.2 Å². The van der Waals surface area contributed by atoms with Gasteiger partial charge in [-0.05, 0) is 37.6 Å². The summed E-state index contributed by atoms with van der Waals surface area (Å²) in [6, 6.07) is 6.01. The van der Waals surface area contributed by atoms with Crippen molar-refractivity contribution in [2.75, 3.05) is 5.32 Å². The highest BCUT2D eigenvalue weighted by Gasteiger charge is 2.12. The zero-order chi connectivity index (χ0) is 14.0. The average molecular weight is 277 g/mol. The highest BCUT2D eigenvalue weighted by atomic mass is 35.5. The minimum Gasteiger partial charge on any atom is -0.336 e. The minimum absolute atomic E-state index is 0.212. The number of nitrogens with zero attached hydrogens (tertiary/aromatic N) is 3. The molecular formula is C13H10ClFN4. The summed E-state index contributed by atoms with van der Waals surface area (Å²) in [7, 11) is 0. The average Bonchev–Trinajstić information content (AvgIpc) is 2.37. The molecule has 0 amide bonds. The highest BCUT2D eigenvalue weighted by Crippen LogP contribution is 2.27. The fourth-order valence-corrected chi connectivity index (χ4v) is 1.77. The summed E-state index contributed by atoms with van der Waals surface area (Å²) < 4.78 is 13.0. The van der Waals surface area contributed by atoms with Crippen molar-refractivity contribution in [3.8, 4) is 6.07 Å². The first-order chi connectivity index (χ1) is 9.02. The smallest absolute Gasteiger partial charge is 0.171 e. The second-order valence-corrected chi connectivity index (χ2v) is 4.40. The van der Waals surface area contributed by atoms with Crippen LogP contribution < -0.4 is 5.32 Å². The van der Waals surface area contributed by atoms with Gasteiger partial charge in [0, 0.05) is 0 Å². The van der Waals surface area contributed by atoms with E-state index in [-0.39, 0.29) is 5.02 Å². The lowest BCUT2D eigenvalue weighted by molar-refractivity contribution is 0.628. The number of hydrogen-bond acceptors (Lipinski definition) is 4. The van der Waals surface area contributed by atoms with Crippen molar-refractivity contribution in [1.82, 2.24) is 10.2 Å². The van der Waals surface area contributed by atoms with Crippen LogP contribution in [0.5, 0.6) is 0 Å². The van der Waals surface area contributed by atoms with E-state index in [4.69, 9.17) is 16.9 Å². The molecule has 96 valence electrons. The summed E-state index contributed by atoms with van der Waals surface area (Å²) in [6.07, 6.45) is 0. The quantitative estimate of drug-likeness (QED) is 0.912. The number of nitriles is 1. The monoisotopic (exact) mass is 276 g/mol. The Labute approximate surface area is 114 Å². The van der Waals surface area contributed by atoms with E-state index in [1.165, 1.54) is 18.2 Å². The van der Waals surface area contributed by atoms with Gasteiger partial charge in [-0.15, -0.1) is 5.10 Å². The van der Waals surface area contributed by atoms with Crippen LogP contribution in [0.4, 0.5) is 15.9 Å². The maximum absolute atomic E-state index is 13.0. The van der Waals surface area contributed by atoms with Crippen molar-refractivity contribution >= 4 is 23.1 Å². The molecule has 0 unspecified atom stereocenters. The van der Waals surface area contributed by atoms with Crippen molar-refractivity contribution in [3.63, 3.8) is 0 Å². The fraction of sp³-hybridized carbons (Fsp3) is 0.154. The molecule has 0 spiro atoms. The zero-order valence-electron chi connectivity index (χ0n) is 10.3. The minimum atomic E-state index is -0.428. The normalized spacial score (nSPS) is 10.1. The number of aromatic nitrogens is 2. The molecule has 2 rings (SSSR count). The molecule has 1 heterocycles. The Kier molecular flexibility index (Phi) is 3.63. The maximum atomic E-state index is 13.0. The summed E-state index contributed by atoms with van der Waals surface area (Å²) in [5, 5.41) is 20.2. The Balaban J connectivity index is 2.44. The second-order valence-electron chi connectivity index (χ2n) is 3.99. The third-order valence-electron chi connectivity index (χ3n) is 2.75. The van der Waals surface area contributed by atoms with Crippen LogP contribution in [0.25, 0.3) is 0 Å². The molecule has 0 aliphatic heterocycles. The topological polar surface area (TPSA) is 61.6 Å². The second kappa shape index (κ2) is 5.21. The maximum Gasteiger partial charge on any atom is 0.171 e. The van der Waals surface area contributed by atoms with Gasteiger partial charge in [-0.3, -0.25) is 0 Å². The lowest BCUT2D eigenvalue weighted by atomic mass is 10.1. The summed E-state index contributed by atoms with van der Waals surface area (Å²) in [5.41, 5.74) is 2.30. The molecule has 0 radical (unpaired) electrons. The number of hydrogen-bond donors (Lipinski definition) is 1. The molecule has 0 saturated heterocycles. The molecule has 0 atom stereocenters. The van der Waals surface area contributed by atoms with E-state index in [0.29, 0.717) is 22.8 Å². The predicted molar refractivity (Wildman–Crippen MR) is 70.9 cm³/mol. The molecule has 0 saturated carbocycles. The van der Waals surface area contributed by atoms with Crippen LogP contribution in [-0.2, 0) is 0 Å². The Morgan fingerprint density at radius 2 is 2.05 bits per heavy atom. The third-order valence-corrected chi connectivity index (χ3v) is 3.06. The van der Waals surface area contributed by atoms with E-state index in [1.807, 2.05) is 0 Å². The molecule has 6 heteroatoms. The first-order valence-electron chi connectivity index (χ1n) is 5.49. The zero-order valence-corrected chi connectivity index (χ0v) is 11.1. The van der Waals surface area contributed by atoms with Gasteiger partial charge in [-0.2, -0.15) is 10.4 Å². The predicted octanol–water partition coefficient (Wildman–Crippen LogP) is 3.50. The molecule has 4 nitrogen and oxygen atoms in total. The molecule has 1 N–H and O–H groups in total. The molecule has 19 heavy (non-hydrogen) atoms. The van der Waals surface area contributed by atoms with Gasteiger partial charge in [0.15, 0.2) is 5.82 Å². The molecule has 0 aliphatic carbocycles.